The van der Waals surface area contributed by atoms with Crippen LogP contribution in [0, 0.1) is 0 Å². The predicted molar refractivity (Wildman–Crippen MR) is 81.0 cm³/mol. The summed E-state index contributed by atoms with van der Waals surface area (Å²) in [4.78, 5) is 14.4. The van der Waals surface area contributed by atoms with E-state index in [1.807, 2.05) is 30.3 Å². The van der Waals surface area contributed by atoms with Crippen LogP contribution in [0.4, 0.5) is 0 Å². The maximum Gasteiger partial charge on any atom is 0.179 e. The Balaban J connectivity index is 2.06. The van der Waals surface area contributed by atoms with E-state index in [2.05, 4.69) is 11.4 Å². The first-order valence-corrected chi connectivity index (χ1v) is 7.41. The normalized spacial score (nSPS) is 12.6. The Morgan fingerprint density at radius 3 is 2.84 bits per heavy atom. The van der Waals surface area contributed by atoms with Gasteiger partial charge in [0, 0.05) is 17.1 Å². The smallest absolute Gasteiger partial charge is 0.179 e. The third-order valence-electron chi connectivity index (χ3n) is 3.16. The van der Waals surface area contributed by atoms with Gasteiger partial charge in [-0.05, 0) is 48.5 Å². The highest BCUT2D eigenvalue weighted by molar-refractivity contribution is 7.07. The lowest BCUT2D eigenvalue weighted by molar-refractivity contribution is 0.0862. The topological polar surface area (TPSA) is 20.3 Å². The van der Waals surface area contributed by atoms with Gasteiger partial charge in [0.15, 0.2) is 5.78 Å². The monoisotopic (exact) mass is 293 g/mol. The molecule has 1 aromatic carbocycles. The highest BCUT2D eigenvalue weighted by atomic mass is 35.5. The Kier molecular flexibility index (Phi) is 4.75. The summed E-state index contributed by atoms with van der Waals surface area (Å²) in [6.45, 7) is 2.70. The summed E-state index contributed by atoms with van der Waals surface area (Å²) in [5, 5.41) is 4.75. The molecule has 0 aliphatic rings. The highest BCUT2D eigenvalue weighted by Crippen LogP contribution is 2.16. The fourth-order valence-corrected chi connectivity index (χ4v) is 2.74. The van der Waals surface area contributed by atoms with Gasteiger partial charge in [-0.25, -0.2) is 0 Å². The Bertz CT molecular complexity index is 553. The molecule has 0 aliphatic heterocycles. The zero-order valence-corrected chi connectivity index (χ0v) is 12.5. The van der Waals surface area contributed by atoms with Crippen molar-refractivity contribution in [3.8, 4) is 0 Å². The summed E-state index contributed by atoms with van der Waals surface area (Å²) in [5.74, 6) is 0.0974. The molecule has 0 radical (unpaired) electrons. The fraction of sp³-hybridized carbons (Fsp3) is 0.267. The Hall–Kier alpha value is -1.16. The third kappa shape index (κ3) is 3.66. The largest absolute Gasteiger partial charge is 0.292 e. The number of carbonyl (C=O) groups excluding carboxylic acids is 1. The number of carbonyl (C=O) groups is 1. The molecular weight excluding hydrogens is 278 g/mol. The Labute approximate surface area is 122 Å². The van der Waals surface area contributed by atoms with E-state index >= 15 is 0 Å². The zero-order chi connectivity index (χ0) is 13.8. The summed E-state index contributed by atoms with van der Waals surface area (Å²) in [7, 11) is 1.96. The van der Waals surface area contributed by atoms with Crippen molar-refractivity contribution in [1.29, 1.82) is 0 Å². The van der Waals surface area contributed by atoms with Gasteiger partial charge in [0.05, 0.1) is 6.04 Å². The number of ketones is 1. The molecule has 2 nitrogen and oxygen atoms in total. The van der Waals surface area contributed by atoms with E-state index in [0.29, 0.717) is 10.6 Å². The van der Waals surface area contributed by atoms with Crippen LogP contribution in [0.2, 0.25) is 5.02 Å². The molecule has 2 rings (SSSR count). The average molecular weight is 294 g/mol. The van der Waals surface area contributed by atoms with Crippen LogP contribution in [0.3, 0.4) is 0 Å². The molecule has 0 spiro atoms. The first kappa shape index (κ1) is 14.3. The highest BCUT2D eigenvalue weighted by Gasteiger charge is 2.19. The molecule has 1 heterocycles. The van der Waals surface area contributed by atoms with Gasteiger partial charge in [-0.2, -0.15) is 11.3 Å². The minimum atomic E-state index is -0.168. The van der Waals surface area contributed by atoms with E-state index in [9.17, 15) is 4.79 Å². The van der Waals surface area contributed by atoms with Crippen molar-refractivity contribution < 1.29 is 4.79 Å². The van der Waals surface area contributed by atoms with Crippen molar-refractivity contribution in [1.82, 2.24) is 4.90 Å². The molecule has 0 bridgehead atoms. The van der Waals surface area contributed by atoms with Gasteiger partial charge < -0.3 is 0 Å². The number of nitrogens with zero attached hydrogens (tertiary/aromatic N) is 1. The van der Waals surface area contributed by atoms with Crippen LogP contribution in [-0.2, 0) is 6.54 Å². The van der Waals surface area contributed by atoms with Crippen molar-refractivity contribution in [3.63, 3.8) is 0 Å². The fourth-order valence-electron chi connectivity index (χ4n) is 1.89. The van der Waals surface area contributed by atoms with Gasteiger partial charge in [0.1, 0.15) is 0 Å². The summed E-state index contributed by atoms with van der Waals surface area (Å²) in [6, 6.07) is 9.03. The van der Waals surface area contributed by atoms with Gasteiger partial charge in [-0.3, -0.25) is 9.69 Å². The number of halogens is 1. The van der Waals surface area contributed by atoms with Crippen LogP contribution < -0.4 is 0 Å². The second-order valence-electron chi connectivity index (χ2n) is 4.60. The maximum absolute atomic E-state index is 12.4. The van der Waals surface area contributed by atoms with Crippen molar-refractivity contribution in [2.75, 3.05) is 7.05 Å². The van der Waals surface area contributed by atoms with E-state index in [1.165, 1.54) is 5.56 Å². The first-order chi connectivity index (χ1) is 9.08. The second kappa shape index (κ2) is 6.33. The first-order valence-electron chi connectivity index (χ1n) is 6.09. The lowest BCUT2D eigenvalue weighted by atomic mass is 10.0. The van der Waals surface area contributed by atoms with E-state index < -0.39 is 0 Å². The molecule has 0 N–H and O–H groups in total. The molecule has 1 atom stereocenters. The minimum absolute atomic E-state index is 0.0974. The van der Waals surface area contributed by atoms with Crippen LogP contribution in [0.1, 0.15) is 22.8 Å². The Morgan fingerprint density at radius 1 is 1.42 bits per heavy atom. The quantitative estimate of drug-likeness (QED) is 0.774. The summed E-state index contributed by atoms with van der Waals surface area (Å²) in [6.07, 6.45) is 0. The zero-order valence-electron chi connectivity index (χ0n) is 11.0. The van der Waals surface area contributed by atoms with Crippen LogP contribution in [0.25, 0.3) is 0 Å². The molecule has 100 valence electrons. The van der Waals surface area contributed by atoms with Crippen LogP contribution >= 0.6 is 22.9 Å². The van der Waals surface area contributed by atoms with E-state index in [4.69, 9.17) is 11.6 Å². The SMILES string of the molecule is CC(C(=O)c1cccc(Cl)c1)N(C)Cc1ccsc1. The van der Waals surface area contributed by atoms with E-state index in [0.717, 1.165) is 6.54 Å². The van der Waals surface area contributed by atoms with Crippen molar-refractivity contribution >= 4 is 28.7 Å². The lowest BCUT2D eigenvalue weighted by Crippen LogP contribution is -2.35. The summed E-state index contributed by atoms with van der Waals surface area (Å²) < 4.78 is 0. The third-order valence-corrected chi connectivity index (χ3v) is 4.13. The molecule has 0 amide bonds. The number of rotatable bonds is 5. The van der Waals surface area contributed by atoms with Crippen molar-refractivity contribution in [2.24, 2.45) is 0 Å². The number of hydrogen-bond donors (Lipinski definition) is 0. The van der Waals surface area contributed by atoms with E-state index in [-0.39, 0.29) is 11.8 Å². The van der Waals surface area contributed by atoms with Crippen molar-refractivity contribution in [2.45, 2.75) is 19.5 Å². The van der Waals surface area contributed by atoms with Crippen molar-refractivity contribution in [3.05, 3.63) is 57.2 Å². The average Bonchev–Trinajstić information content (AvgIpc) is 2.89. The number of likely N-dealkylation sites (N-methyl/N-ethyl adjacent to an activating group) is 1. The maximum atomic E-state index is 12.4. The second-order valence-corrected chi connectivity index (χ2v) is 5.81. The van der Waals surface area contributed by atoms with Gasteiger partial charge >= 0.3 is 0 Å². The molecule has 2 aromatic rings. The van der Waals surface area contributed by atoms with Gasteiger partial charge in [-0.1, -0.05) is 23.7 Å². The molecule has 0 saturated heterocycles. The molecule has 1 aromatic heterocycles. The summed E-state index contributed by atoms with van der Waals surface area (Å²) in [5.41, 5.74) is 1.90. The molecular formula is C15H16ClNOS. The molecule has 0 aliphatic carbocycles. The number of Topliss-reactive ketones (excluding diaryl/α,β-unsaturated/α-hetero) is 1. The lowest BCUT2D eigenvalue weighted by Gasteiger charge is -2.23. The van der Waals surface area contributed by atoms with Gasteiger partial charge in [0.25, 0.3) is 0 Å². The molecule has 1 unspecified atom stereocenters. The molecule has 0 saturated carbocycles. The van der Waals surface area contributed by atoms with Crippen LogP contribution in [0.5, 0.6) is 0 Å². The van der Waals surface area contributed by atoms with Crippen LogP contribution in [-0.4, -0.2) is 23.8 Å². The standard InChI is InChI=1S/C15H16ClNOS/c1-11(17(2)9-12-6-7-19-10-12)15(18)13-4-3-5-14(16)8-13/h3-8,10-11H,9H2,1-2H3. The molecule has 0 fully saturated rings. The number of benzene rings is 1. The molecule has 4 heteroatoms. The Morgan fingerprint density at radius 2 is 2.21 bits per heavy atom. The van der Waals surface area contributed by atoms with Gasteiger partial charge in [0.2, 0.25) is 0 Å². The number of hydrogen-bond acceptors (Lipinski definition) is 3. The number of thiophene rings is 1. The predicted octanol–water partition coefficient (Wildman–Crippen LogP) is 4.10. The van der Waals surface area contributed by atoms with E-state index in [1.54, 1.807) is 29.5 Å². The van der Waals surface area contributed by atoms with Crippen LogP contribution in [0.15, 0.2) is 41.1 Å². The molecule has 19 heavy (non-hydrogen) atoms. The van der Waals surface area contributed by atoms with Gasteiger partial charge in [-0.15, -0.1) is 0 Å². The minimum Gasteiger partial charge on any atom is -0.292 e. The summed E-state index contributed by atoms with van der Waals surface area (Å²) >= 11 is 7.59.